The minimum atomic E-state index is -0.531. The number of anilines is 1. The molecule has 0 atom stereocenters. The summed E-state index contributed by atoms with van der Waals surface area (Å²) in [5.74, 6) is -0.698. The minimum absolute atomic E-state index is 0.00202. The van der Waals surface area contributed by atoms with Gasteiger partial charge in [0.15, 0.2) is 11.6 Å². The Morgan fingerprint density at radius 1 is 1.22 bits per heavy atom. The molecule has 3 rings (SSSR count). The molecule has 0 saturated carbocycles. The fourth-order valence-electron chi connectivity index (χ4n) is 2.07. The van der Waals surface area contributed by atoms with E-state index in [-0.39, 0.29) is 17.3 Å². The highest BCUT2D eigenvalue weighted by Gasteiger charge is 2.14. The van der Waals surface area contributed by atoms with Crippen LogP contribution in [-0.4, -0.2) is 27.8 Å². The quantitative estimate of drug-likeness (QED) is 0.804. The Morgan fingerprint density at radius 3 is 2.74 bits per heavy atom. The topological polar surface area (TPSA) is 69.0 Å². The summed E-state index contributed by atoms with van der Waals surface area (Å²) in [6, 6.07) is 13.2. The van der Waals surface area contributed by atoms with Gasteiger partial charge >= 0.3 is 0 Å². The minimum Gasteiger partial charge on any atom is -0.494 e. The molecule has 0 saturated heterocycles. The first-order chi connectivity index (χ1) is 11.2. The van der Waals surface area contributed by atoms with Crippen LogP contribution in [0, 0.1) is 5.82 Å². The SMILES string of the molecule is COc1cc(C(=O)Nc2nncn2-c2ccccc2)ccc1F. The second-order valence-corrected chi connectivity index (χ2v) is 4.66. The van der Waals surface area contributed by atoms with Crippen molar-refractivity contribution in [2.24, 2.45) is 0 Å². The van der Waals surface area contributed by atoms with E-state index in [0.717, 1.165) is 5.69 Å². The number of hydrogen-bond acceptors (Lipinski definition) is 4. The molecule has 6 nitrogen and oxygen atoms in total. The molecule has 0 aliphatic rings. The number of benzene rings is 2. The highest BCUT2D eigenvalue weighted by atomic mass is 19.1. The smallest absolute Gasteiger partial charge is 0.258 e. The van der Waals surface area contributed by atoms with Gasteiger partial charge < -0.3 is 4.74 Å². The van der Waals surface area contributed by atoms with Gasteiger partial charge in [0.2, 0.25) is 5.95 Å². The molecule has 0 unspecified atom stereocenters. The van der Waals surface area contributed by atoms with E-state index < -0.39 is 11.7 Å². The molecule has 2 aromatic carbocycles. The molecule has 1 heterocycles. The zero-order valence-corrected chi connectivity index (χ0v) is 12.2. The third kappa shape index (κ3) is 3.03. The number of rotatable bonds is 4. The average Bonchev–Trinajstić information content (AvgIpc) is 3.04. The molecule has 0 spiro atoms. The number of amides is 1. The molecule has 0 bridgehead atoms. The van der Waals surface area contributed by atoms with E-state index >= 15 is 0 Å². The predicted molar refractivity (Wildman–Crippen MR) is 82.3 cm³/mol. The summed E-state index contributed by atoms with van der Waals surface area (Å²) >= 11 is 0. The van der Waals surface area contributed by atoms with Crippen LogP contribution in [0.2, 0.25) is 0 Å². The van der Waals surface area contributed by atoms with Crippen molar-refractivity contribution in [1.29, 1.82) is 0 Å². The van der Waals surface area contributed by atoms with Gasteiger partial charge in [-0.25, -0.2) is 4.39 Å². The third-order valence-electron chi connectivity index (χ3n) is 3.22. The predicted octanol–water partition coefficient (Wildman–Crippen LogP) is 2.67. The molecule has 1 N–H and O–H groups in total. The standard InChI is InChI=1S/C16H13FN4O2/c1-23-14-9-11(7-8-13(14)17)15(22)19-16-20-18-10-21(16)12-5-3-2-4-6-12/h2-10H,1H3,(H,19,20,22). The van der Waals surface area contributed by atoms with Crippen LogP contribution in [0.15, 0.2) is 54.9 Å². The van der Waals surface area contributed by atoms with Gasteiger partial charge in [-0.2, -0.15) is 0 Å². The average molecular weight is 312 g/mol. The summed E-state index contributed by atoms with van der Waals surface area (Å²) in [5.41, 5.74) is 1.07. The highest BCUT2D eigenvalue weighted by molar-refractivity contribution is 6.03. The number of ether oxygens (including phenoxy) is 1. The van der Waals surface area contributed by atoms with Crippen LogP contribution in [0.5, 0.6) is 5.75 Å². The first-order valence-corrected chi connectivity index (χ1v) is 6.79. The number of para-hydroxylation sites is 1. The van der Waals surface area contributed by atoms with Gasteiger partial charge in [-0.05, 0) is 30.3 Å². The summed E-state index contributed by atoms with van der Waals surface area (Å²) in [6.45, 7) is 0. The van der Waals surface area contributed by atoms with Crippen LogP contribution in [0.1, 0.15) is 10.4 Å². The lowest BCUT2D eigenvalue weighted by Gasteiger charge is -2.09. The summed E-state index contributed by atoms with van der Waals surface area (Å²) in [4.78, 5) is 12.3. The van der Waals surface area contributed by atoms with E-state index in [1.54, 1.807) is 4.57 Å². The van der Waals surface area contributed by atoms with Crippen molar-refractivity contribution in [2.75, 3.05) is 12.4 Å². The van der Waals surface area contributed by atoms with E-state index in [2.05, 4.69) is 15.5 Å². The lowest BCUT2D eigenvalue weighted by molar-refractivity contribution is 0.102. The van der Waals surface area contributed by atoms with Crippen molar-refractivity contribution >= 4 is 11.9 Å². The fourth-order valence-corrected chi connectivity index (χ4v) is 2.07. The van der Waals surface area contributed by atoms with Gasteiger partial charge in [-0.15, -0.1) is 10.2 Å². The van der Waals surface area contributed by atoms with Gasteiger partial charge in [-0.3, -0.25) is 14.7 Å². The molecular formula is C16H13FN4O2. The third-order valence-corrected chi connectivity index (χ3v) is 3.22. The fraction of sp³-hybridized carbons (Fsp3) is 0.0625. The van der Waals surface area contributed by atoms with Crippen molar-refractivity contribution in [2.45, 2.75) is 0 Å². The Morgan fingerprint density at radius 2 is 2.00 bits per heavy atom. The second-order valence-electron chi connectivity index (χ2n) is 4.66. The number of methoxy groups -OCH3 is 1. The van der Waals surface area contributed by atoms with Crippen LogP contribution >= 0.6 is 0 Å². The van der Waals surface area contributed by atoms with Crippen molar-refractivity contribution in [1.82, 2.24) is 14.8 Å². The molecular weight excluding hydrogens is 299 g/mol. The zero-order chi connectivity index (χ0) is 16.2. The molecule has 116 valence electrons. The van der Waals surface area contributed by atoms with Crippen LogP contribution in [0.25, 0.3) is 5.69 Å². The molecule has 1 amide bonds. The summed E-state index contributed by atoms with van der Waals surface area (Å²) in [7, 11) is 1.34. The van der Waals surface area contributed by atoms with Crippen molar-refractivity contribution in [3.05, 3.63) is 66.2 Å². The Bertz CT molecular complexity index is 833. The van der Waals surface area contributed by atoms with Crippen molar-refractivity contribution in [3.63, 3.8) is 0 Å². The van der Waals surface area contributed by atoms with Crippen LogP contribution < -0.4 is 10.1 Å². The lowest BCUT2D eigenvalue weighted by atomic mass is 10.2. The normalized spacial score (nSPS) is 10.3. The maximum Gasteiger partial charge on any atom is 0.258 e. The highest BCUT2D eigenvalue weighted by Crippen LogP contribution is 2.19. The number of hydrogen-bond donors (Lipinski definition) is 1. The number of aromatic nitrogens is 3. The Hall–Kier alpha value is -3.22. The van der Waals surface area contributed by atoms with E-state index in [4.69, 9.17) is 4.74 Å². The van der Waals surface area contributed by atoms with Crippen LogP contribution in [0.4, 0.5) is 10.3 Å². The molecule has 0 aliphatic heterocycles. The van der Waals surface area contributed by atoms with E-state index in [1.165, 1.54) is 31.6 Å². The van der Waals surface area contributed by atoms with E-state index in [1.807, 2.05) is 30.3 Å². The molecule has 23 heavy (non-hydrogen) atoms. The molecule has 0 aliphatic carbocycles. The van der Waals surface area contributed by atoms with E-state index in [0.29, 0.717) is 0 Å². The molecule has 1 aromatic heterocycles. The summed E-state index contributed by atoms with van der Waals surface area (Å²) in [5, 5.41) is 10.3. The number of carbonyl (C=O) groups excluding carboxylic acids is 1. The molecule has 7 heteroatoms. The largest absolute Gasteiger partial charge is 0.494 e. The van der Waals surface area contributed by atoms with Gasteiger partial charge in [0.1, 0.15) is 6.33 Å². The number of nitrogens with zero attached hydrogens (tertiary/aromatic N) is 3. The van der Waals surface area contributed by atoms with Gasteiger partial charge in [0.05, 0.1) is 12.8 Å². The molecule has 0 fully saturated rings. The second kappa shape index (κ2) is 6.27. The van der Waals surface area contributed by atoms with Crippen molar-refractivity contribution < 1.29 is 13.9 Å². The number of carbonyl (C=O) groups is 1. The zero-order valence-electron chi connectivity index (χ0n) is 12.2. The summed E-state index contributed by atoms with van der Waals surface area (Å²) < 4.78 is 19.9. The Labute approximate surface area is 131 Å². The molecule has 0 radical (unpaired) electrons. The van der Waals surface area contributed by atoms with Crippen LogP contribution in [-0.2, 0) is 0 Å². The Balaban J connectivity index is 1.86. The summed E-state index contributed by atoms with van der Waals surface area (Å²) in [6.07, 6.45) is 1.50. The van der Waals surface area contributed by atoms with Crippen LogP contribution in [0.3, 0.4) is 0 Å². The van der Waals surface area contributed by atoms with Gasteiger partial charge in [0, 0.05) is 5.56 Å². The van der Waals surface area contributed by atoms with E-state index in [9.17, 15) is 9.18 Å². The van der Waals surface area contributed by atoms with Crippen molar-refractivity contribution in [3.8, 4) is 11.4 Å². The number of nitrogens with one attached hydrogen (secondary N) is 1. The maximum absolute atomic E-state index is 13.4. The Kier molecular flexibility index (Phi) is 4.01. The number of halogens is 1. The lowest BCUT2D eigenvalue weighted by Crippen LogP contribution is -2.15. The molecule has 3 aromatic rings. The monoisotopic (exact) mass is 312 g/mol. The first kappa shape index (κ1) is 14.7. The first-order valence-electron chi connectivity index (χ1n) is 6.79. The van der Waals surface area contributed by atoms with Gasteiger partial charge in [0.25, 0.3) is 5.91 Å². The maximum atomic E-state index is 13.4. The van der Waals surface area contributed by atoms with Gasteiger partial charge in [-0.1, -0.05) is 18.2 Å².